The van der Waals surface area contributed by atoms with Crippen LogP contribution in [-0.4, -0.2) is 43.3 Å². The average molecular weight is 324 g/mol. The van der Waals surface area contributed by atoms with Crippen LogP contribution in [-0.2, 0) is 23.7 Å². The summed E-state index contributed by atoms with van der Waals surface area (Å²) in [6.07, 6.45) is 0.893. The van der Waals surface area contributed by atoms with Crippen molar-refractivity contribution in [3.8, 4) is 0 Å². The Balaban J connectivity index is 1.86. The molecule has 2 aliphatic heterocycles. The minimum absolute atomic E-state index is 0.0488. The first-order valence-corrected chi connectivity index (χ1v) is 8.69. The van der Waals surface area contributed by atoms with E-state index in [9.17, 15) is 4.79 Å². The van der Waals surface area contributed by atoms with Gasteiger partial charge in [-0.3, -0.25) is 4.79 Å². The fraction of sp³-hybridized carbons (Fsp3) is 0.944. The Hall–Kier alpha value is -0.490. The molecular weight excluding hydrogens is 296 g/mol. The highest BCUT2D eigenvalue weighted by Gasteiger charge is 2.73. The van der Waals surface area contributed by atoms with Gasteiger partial charge in [0.05, 0.1) is 18.1 Å². The van der Waals surface area contributed by atoms with Crippen LogP contribution >= 0.6 is 0 Å². The van der Waals surface area contributed by atoms with Crippen LogP contribution in [0.2, 0.25) is 0 Å². The number of ketones is 1. The molecule has 2 saturated heterocycles. The molecule has 0 aromatic rings. The van der Waals surface area contributed by atoms with E-state index in [1.54, 1.807) is 7.11 Å². The standard InChI is InChI=1S/C18H28O5/c1-16(2)8-7-9-18(5)10(15(20-6)21-9)11(19)12-13(14(16)18)23-17(3,4)22-12/h9-10,12-15H,7-8H2,1-6H3/t9-,10-,12+,13+,14-,15+,18+/m0/s1. The second-order valence-corrected chi connectivity index (χ2v) is 9.00. The molecule has 2 aliphatic carbocycles. The SMILES string of the molecule is CO[C@@H]1O[C@H]2CCC(C)(C)[C@@H]3[C@@H]4OC(C)(C)O[C@@H]4C(=O)[C@@H]1[C@@]23C. The molecule has 23 heavy (non-hydrogen) atoms. The fourth-order valence-electron chi connectivity index (χ4n) is 6.01. The molecule has 0 bridgehead atoms. The molecule has 2 heterocycles. The number of hydrogen-bond donors (Lipinski definition) is 0. The maximum absolute atomic E-state index is 13.2. The summed E-state index contributed by atoms with van der Waals surface area (Å²) < 4.78 is 24.0. The zero-order valence-electron chi connectivity index (χ0n) is 14.9. The number of hydrogen-bond acceptors (Lipinski definition) is 5. The van der Waals surface area contributed by atoms with Gasteiger partial charge in [-0.25, -0.2) is 0 Å². The summed E-state index contributed by atoms with van der Waals surface area (Å²) in [5.74, 6) is -0.692. The van der Waals surface area contributed by atoms with Gasteiger partial charge in [-0.05, 0) is 32.1 Å². The van der Waals surface area contributed by atoms with Crippen molar-refractivity contribution in [3.05, 3.63) is 0 Å². The largest absolute Gasteiger partial charge is 0.355 e. The smallest absolute Gasteiger partial charge is 0.173 e. The van der Waals surface area contributed by atoms with Crippen molar-refractivity contribution in [1.29, 1.82) is 0 Å². The van der Waals surface area contributed by atoms with E-state index in [2.05, 4.69) is 20.8 Å². The zero-order valence-corrected chi connectivity index (χ0v) is 14.9. The predicted octanol–water partition coefficient (Wildman–Crippen LogP) is 2.52. The number of ether oxygens (including phenoxy) is 4. The van der Waals surface area contributed by atoms with Crippen LogP contribution in [0.4, 0.5) is 0 Å². The highest BCUT2D eigenvalue weighted by molar-refractivity contribution is 5.89. The van der Waals surface area contributed by atoms with Gasteiger partial charge >= 0.3 is 0 Å². The molecule has 0 aromatic carbocycles. The molecule has 7 atom stereocenters. The van der Waals surface area contributed by atoms with Crippen molar-refractivity contribution in [1.82, 2.24) is 0 Å². The van der Waals surface area contributed by atoms with E-state index in [1.165, 1.54) is 0 Å². The number of rotatable bonds is 1. The molecule has 0 unspecified atom stereocenters. The third kappa shape index (κ3) is 1.91. The Morgan fingerprint density at radius 1 is 1.13 bits per heavy atom. The molecule has 0 spiro atoms. The Labute approximate surface area is 138 Å². The van der Waals surface area contributed by atoms with Crippen LogP contribution < -0.4 is 0 Å². The van der Waals surface area contributed by atoms with Gasteiger partial charge in [0.1, 0.15) is 6.10 Å². The lowest BCUT2D eigenvalue weighted by Crippen LogP contribution is -2.65. The summed E-state index contributed by atoms with van der Waals surface area (Å²) in [5, 5.41) is 0. The van der Waals surface area contributed by atoms with Gasteiger partial charge < -0.3 is 18.9 Å². The molecule has 2 saturated carbocycles. The number of methoxy groups -OCH3 is 1. The minimum atomic E-state index is -0.716. The van der Waals surface area contributed by atoms with Crippen LogP contribution in [0.3, 0.4) is 0 Å². The number of carbonyl (C=O) groups excluding carboxylic acids is 1. The maximum atomic E-state index is 13.2. The van der Waals surface area contributed by atoms with E-state index >= 15 is 0 Å². The van der Waals surface area contributed by atoms with Crippen molar-refractivity contribution in [2.24, 2.45) is 22.7 Å². The Morgan fingerprint density at radius 3 is 2.48 bits per heavy atom. The first-order valence-electron chi connectivity index (χ1n) is 8.69. The summed E-state index contributed by atoms with van der Waals surface area (Å²) >= 11 is 0. The summed E-state index contributed by atoms with van der Waals surface area (Å²) in [6.45, 7) is 10.6. The second-order valence-electron chi connectivity index (χ2n) is 9.00. The van der Waals surface area contributed by atoms with E-state index in [0.29, 0.717) is 0 Å². The molecule has 0 amide bonds. The molecule has 0 radical (unpaired) electrons. The molecule has 0 N–H and O–H groups in total. The molecule has 130 valence electrons. The second kappa shape index (κ2) is 4.57. The van der Waals surface area contributed by atoms with Gasteiger partial charge in [-0.1, -0.05) is 20.8 Å². The summed E-state index contributed by atoms with van der Waals surface area (Å²) in [4.78, 5) is 13.2. The van der Waals surface area contributed by atoms with Crippen molar-refractivity contribution < 1.29 is 23.7 Å². The van der Waals surface area contributed by atoms with Gasteiger partial charge in [-0.2, -0.15) is 0 Å². The Bertz CT molecular complexity index is 542. The van der Waals surface area contributed by atoms with Crippen molar-refractivity contribution in [3.63, 3.8) is 0 Å². The third-order valence-corrected chi connectivity index (χ3v) is 6.77. The molecule has 0 aromatic heterocycles. The first-order chi connectivity index (χ1) is 10.6. The lowest BCUT2D eigenvalue weighted by molar-refractivity contribution is -0.181. The highest BCUT2D eigenvalue weighted by Crippen LogP contribution is 2.66. The number of Topliss-reactive ketones (excluding diaryl/α,β-unsaturated/α-hetero) is 1. The molecule has 5 nitrogen and oxygen atoms in total. The quantitative estimate of drug-likeness (QED) is 0.742. The highest BCUT2D eigenvalue weighted by atomic mass is 16.8. The van der Waals surface area contributed by atoms with E-state index < -0.39 is 18.2 Å². The van der Waals surface area contributed by atoms with E-state index in [4.69, 9.17) is 18.9 Å². The van der Waals surface area contributed by atoms with Crippen LogP contribution in [0, 0.1) is 22.7 Å². The first kappa shape index (κ1) is 16.0. The van der Waals surface area contributed by atoms with Gasteiger partial charge in [-0.15, -0.1) is 0 Å². The van der Waals surface area contributed by atoms with Crippen LogP contribution in [0.1, 0.15) is 47.5 Å². The number of carbonyl (C=O) groups is 1. The molecule has 5 heteroatoms. The van der Waals surface area contributed by atoms with Gasteiger partial charge in [0.25, 0.3) is 0 Å². The summed E-state index contributed by atoms with van der Waals surface area (Å²) in [6, 6.07) is 0. The zero-order chi connectivity index (χ0) is 16.8. The average Bonchev–Trinajstić information content (AvgIpc) is 2.90. The lowest BCUT2D eigenvalue weighted by Gasteiger charge is -2.57. The number of fused-ring (bicyclic) bond motifs is 2. The summed E-state index contributed by atoms with van der Waals surface area (Å²) in [5.41, 5.74) is -0.187. The van der Waals surface area contributed by atoms with Crippen LogP contribution in [0.15, 0.2) is 0 Å². The van der Waals surface area contributed by atoms with Crippen LogP contribution in [0.5, 0.6) is 0 Å². The fourth-order valence-corrected chi connectivity index (χ4v) is 6.01. The van der Waals surface area contributed by atoms with E-state index in [1.807, 2.05) is 13.8 Å². The van der Waals surface area contributed by atoms with Crippen molar-refractivity contribution in [2.75, 3.05) is 7.11 Å². The third-order valence-electron chi connectivity index (χ3n) is 6.77. The monoisotopic (exact) mass is 324 g/mol. The normalized spacial score (nSPS) is 53.0. The van der Waals surface area contributed by atoms with Gasteiger partial charge in [0, 0.05) is 18.4 Å². The molecule has 4 aliphatic rings. The Morgan fingerprint density at radius 2 is 1.83 bits per heavy atom. The van der Waals surface area contributed by atoms with E-state index in [0.717, 1.165) is 12.8 Å². The van der Waals surface area contributed by atoms with Crippen LogP contribution in [0.25, 0.3) is 0 Å². The molecule has 4 rings (SSSR count). The van der Waals surface area contributed by atoms with Crippen molar-refractivity contribution in [2.45, 2.75) is 77.8 Å². The summed E-state index contributed by atoms with van der Waals surface area (Å²) in [7, 11) is 1.63. The molecular formula is C18H28O5. The predicted molar refractivity (Wildman–Crippen MR) is 82.6 cm³/mol. The lowest BCUT2D eigenvalue weighted by atomic mass is 9.46. The van der Waals surface area contributed by atoms with E-state index in [-0.39, 0.29) is 40.7 Å². The van der Waals surface area contributed by atoms with Crippen molar-refractivity contribution >= 4 is 5.78 Å². The topological polar surface area (TPSA) is 54.0 Å². The van der Waals surface area contributed by atoms with Gasteiger partial charge in [0.15, 0.2) is 17.9 Å². The Kier molecular flexibility index (Phi) is 3.18. The van der Waals surface area contributed by atoms with Gasteiger partial charge in [0.2, 0.25) is 0 Å². The maximum Gasteiger partial charge on any atom is 0.173 e. The minimum Gasteiger partial charge on any atom is -0.355 e. The molecule has 4 fully saturated rings.